The van der Waals surface area contributed by atoms with E-state index < -0.39 is 0 Å². The number of anilines is 1. The molecule has 5 nitrogen and oxygen atoms in total. The first-order valence-electron chi connectivity index (χ1n) is 8.42. The van der Waals surface area contributed by atoms with Crippen molar-refractivity contribution in [3.05, 3.63) is 83.4 Å². The van der Waals surface area contributed by atoms with Gasteiger partial charge in [-0.25, -0.2) is 4.98 Å². The van der Waals surface area contributed by atoms with Gasteiger partial charge in [-0.3, -0.25) is 9.59 Å². The van der Waals surface area contributed by atoms with E-state index in [1.165, 1.54) is 11.3 Å². The third-order valence-electron chi connectivity index (χ3n) is 3.85. The van der Waals surface area contributed by atoms with Crippen molar-refractivity contribution in [1.29, 1.82) is 0 Å². The molecule has 3 aromatic rings. The highest BCUT2D eigenvalue weighted by molar-refractivity contribution is 7.17. The molecule has 136 valence electrons. The molecule has 0 aliphatic heterocycles. The van der Waals surface area contributed by atoms with E-state index in [1.807, 2.05) is 30.3 Å². The van der Waals surface area contributed by atoms with Crippen LogP contribution in [0.25, 0.3) is 10.6 Å². The number of nitrogens with one attached hydrogen (secondary N) is 2. The van der Waals surface area contributed by atoms with Gasteiger partial charge in [-0.05, 0) is 19.1 Å². The van der Waals surface area contributed by atoms with Crippen molar-refractivity contribution in [2.24, 2.45) is 0 Å². The van der Waals surface area contributed by atoms with Crippen LogP contribution in [0.2, 0.25) is 0 Å². The zero-order valence-corrected chi connectivity index (χ0v) is 15.7. The molecule has 6 heteroatoms. The fraction of sp³-hybridized carbons (Fsp3) is 0.0952. The Labute approximate surface area is 161 Å². The van der Waals surface area contributed by atoms with E-state index in [0.717, 1.165) is 10.6 Å². The molecule has 0 saturated heterocycles. The van der Waals surface area contributed by atoms with E-state index in [9.17, 15) is 9.59 Å². The van der Waals surface area contributed by atoms with E-state index >= 15 is 0 Å². The summed E-state index contributed by atoms with van der Waals surface area (Å²) in [6.45, 7) is 5.75. The number of aromatic nitrogens is 1. The molecule has 0 spiro atoms. The lowest BCUT2D eigenvalue weighted by Gasteiger charge is -2.10. The van der Waals surface area contributed by atoms with E-state index in [2.05, 4.69) is 22.2 Å². The molecule has 1 heterocycles. The van der Waals surface area contributed by atoms with E-state index in [1.54, 1.807) is 37.3 Å². The first-order chi connectivity index (χ1) is 13.1. The van der Waals surface area contributed by atoms with Crippen molar-refractivity contribution in [3.63, 3.8) is 0 Å². The lowest BCUT2D eigenvalue weighted by Crippen LogP contribution is -2.25. The van der Waals surface area contributed by atoms with Gasteiger partial charge in [-0.2, -0.15) is 0 Å². The molecular formula is C21H19N3O2S. The van der Waals surface area contributed by atoms with E-state index in [-0.39, 0.29) is 11.8 Å². The van der Waals surface area contributed by atoms with E-state index in [4.69, 9.17) is 0 Å². The molecule has 1 aromatic heterocycles. The lowest BCUT2D eigenvalue weighted by molar-refractivity contribution is 0.0959. The summed E-state index contributed by atoms with van der Waals surface area (Å²) in [5.74, 6) is -0.548. The van der Waals surface area contributed by atoms with Crippen LogP contribution in [0.4, 0.5) is 5.69 Å². The number of carbonyl (C=O) groups excluding carboxylic acids is 2. The molecule has 0 atom stereocenters. The number of thiazole rings is 1. The van der Waals surface area contributed by atoms with Gasteiger partial charge in [-0.1, -0.05) is 48.5 Å². The third kappa shape index (κ3) is 4.30. The maximum absolute atomic E-state index is 12.8. The van der Waals surface area contributed by atoms with Gasteiger partial charge in [0.15, 0.2) is 0 Å². The monoisotopic (exact) mass is 377 g/mol. The molecule has 3 rings (SSSR count). The molecule has 0 saturated carbocycles. The average molecular weight is 377 g/mol. The number of hydrogen-bond acceptors (Lipinski definition) is 4. The highest BCUT2D eigenvalue weighted by atomic mass is 32.1. The number of para-hydroxylation sites is 1. The maximum atomic E-state index is 12.8. The fourth-order valence-electron chi connectivity index (χ4n) is 2.54. The maximum Gasteiger partial charge on any atom is 0.267 e. The molecule has 0 radical (unpaired) electrons. The predicted octanol–water partition coefficient (Wildman–Crippen LogP) is 4.29. The number of benzene rings is 2. The molecule has 2 amide bonds. The number of rotatable bonds is 6. The summed E-state index contributed by atoms with van der Waals surface area (Å²) in [5.41, 5.74) is 2.48. The quantitative estimate of drug-likeness (QED) is 0.630. The van der Waals surface area contributed by atoms with Crippen LogP contribution >= 0.6 is 11.3 Å². The van der Waals surface area contributed by atoms with Crippen LogP contribution in [0.1, 0.15) is 25.7 Å². The first-order valence-corrected chi connectivity index (χ1v) is 9.24. The standard InChI is InChI=1S/C21H19N3O2S/c1-3-13-22-19(25)16-11-7-8-12-17(16)24-20(26)18-14(2)23-21(27-18)15-9-5-4-6-10-15/h3-12H,1,13H2,2H3,(H,22,25)(H,24,26). The second kappa shape index (κ2) is 8.42. The predicted molar refractivity (Wildman–Crippen MR) is 109 cm³/mol. The van der Waals surface area contributed by atoms with Crippen LogP contribution in [-0.4, -0.2) is 23.3 Å². The Balaban J connectivity index is 1.84. The van der Waals surface area contributed by atoms with Gasteiger partial charge in [0.2, 0.25) is 0 Å². The Bertz CT molecular complexity index is 980. The smallest absolute Gasteiger partial charge is 0.267 e. The van der Waals surface area contributed by atoms with Crippen molar-refractivity contribution in [2.75, 3.05) is 11.9 Å². The topological polar surface area (TPSA) is 71.1 Å². The Morgan fingerprint density at radius 3 is 2.52 bits per heavy atom. The molecule has 2 aromatic carbocycles. The minimum absolute atomic E-state index is 0.267. The summed E-state index contributed by atoms with van der Waals surface area (Å²) >= 11 is 1.33. The van der Waals surface area contributed by atoms with Crippen LogP contribution < -0.4 is 10.6 Å². The molecule has 0 fully saturated rings. The van der Waals surface area contributed by atoms with Crippen molar-refractivity contribution in [2.45, 2.75) is 6.92 Å². The Morgan fingerprint density at radius 1 is 1.07 bits per heavy atom. The molecule has 27 heavy (non-hydrogen) atoms. The first kappa shape index (κ1) is 18.5. The summed E-state index contributed by atoms with van der Waals surface area (Å²) in [6.07, 6.45) is 1.60. The van der Waals surface area contributed by atoms with Crippen LogP contribution in [0.3, 0.4) is 0 Å². The molecular weight excluding hydrogens is 358 g/mol. The zero-order chi connectivity index (χ0) is 19.2. The highest BCUT2D eigenvalue weighted by Crippen LogP contribution is 2.28. The number of nitrogens with zero attached hydrogens (tertiary/aromatic N) is 1. The fourth-order valence-corrected chi connectivity index (χ4v) is 3.51. The molecule has 0 aliphatic rings. The van der Waals surface area contributed by atoms with E-state index in [0.29, 0.717) is 28.4 Å². The van der Waals surface area contributed by atoms with Crippen molar-refractivity contribution >= 4 is 28.8 Å². The number of amides is 2. The summed E-state index contributed by atoms with van der Waals surface area (Å²) in [6, 6.07) is 16.6. The highest BCUT2D eigenvalue weighted by Gasteiger charge is 2.18. The largest absolute Gasteiger partial charge is 0.349 e. The van der Waals surface area contributed by atoms with Crippen LogP contribution in [-0.2, 0) is 0 Å². The average Bonchev–Trinajstić information content (AvgIpc) is 3.09. The summed E-state index contributed by atoms with van der Waals surface area (Å²) in [5, 5.41) is 6.34. The molecule has 0 aliphatic carbocycles. The second-order valence-electron chi connectivity index (χ2n) is 5.80. The Morgan fingerprint density at radius 2 is 1.78 bits per heavy atom. The van der Waals surface area contributed by atoms with Gasteiger partial charge in [-0.15, -0.1) is 17.9 Å². The number of carbonyl (C=O) groups is 2. The SMILES string of the molecule is C=CCNC(=O)c1ccccc1NC(=O)c1sc(-c2ccccc2)nc1C. The van der Waals surface area contributed by atoms with Crippen molar-refractivity contribution in [1.82, 2.24) is 10.3 Å². The minimum Gasteiger partial charge on any atom is -0.349 e. The normalized spacial score (nSPS) is 10.3. The molecule has 0 unspecified atom stereocenters. The Hall–Kier alpha value is -3.25. The van der Waals surface area contributed by atoms with Crippen molar-refractivity contribution in [3.8, 4) is 10.6 Å². The van der Waals surface area contributed by atoms with Gasteiger partial charge >= 0.3 is 0 Å². The molecule has 2 N–H and O–H groups in total. The second-order valence-corrected chi connectivity index (χ2v) is 6.80. The summed E-state index contributed by atoms with van der Waals surface area (Å²) < 4.78 is 0. The third-order valence-corrected chi connectivity index (χ3v) is 5.06. The number of hydrogen-bond donors (Lipinski definition) is 2. The van der Waals surface area contributed by atoms with Crippen molar-refractivity contribution < 1.29 is 9.59 Å². The minimum atomic E-state index is -0.281. The number of aryl methyl sites for hydroxylation is 1. The Kier molecular flexibility index (Phi) is 5.78. The molecule has 0 bridgehead atoms. The summed E-state index contributed by atoms with van der Waals surface area (Å²) in [4.78, 5) is 30.1. The van der Waals surface area contributed by atoms with Crippen LogP contribution in [0.15, 0.2) is 67.3 Å². The lowest BCUT2D eigenvalue weighted by atomic mass is 10.1. The van der Waals surface area contributed by atoms with Crippen LogP contribution in [0, 0.1) is 6.92 Å². The summed E-state index contributed by atoms with van der Waals surface area (Å²) in [7, 11) is 0. The van der Waals surface area contributed by atoms with Gasteiger partial charge < -0.3 is 10.6 Å². The van der Waals surface area contributed by atoms with Gasteiger partial charge in [0.25, 0.3) is 11.8 Å². The van der Waals surface area contributed by atoms with Gasteiger partial charge in [0, 0.05) is 12.1 Å². The van der Waals surface area contributed by atoms with Crippen LogP contribution in [0.5, 0.6) is 0 Å². The van der Waals surface area contributed by atoms with Gasteiger partial charge in [0.1, 0.15) is 9.88 Å². The zero-order valence-electron chi connectivity index (χ0n) is 14.9. The van der Waals surface area contributed by atoms with Gasteiger partial charge in [0.05, 0.1) is 16.9 Å².